The summed E-state index contributed by atoms with van der Waals surface area (Å²) in [7, 11) is 0. The van der Waals surface area contributed by atoms with Gasteiger partial charge in [0.05, 0.1) is 23.8 Å². The highest BCUT2D eigenvalue weighted by atomic mass is 79.9. The average Bonchev–Trinajstić information content (AvgIpc) is 2.72. The number of Topliss-reactive ketones (excluding diaryl/α,β-unsaturated/α-hetero) is 1. The topological polar surface area (TPSA) is 38.1 Å². The van der Waals surface area contributed by atoms with Crippen LogP contribution in [-0.2, 0) is 11.3 Å². The number of ketones is 1. The molecule has 0 radical (unpaired) electrons. The molecular weight excluding hydrogens is 246 g/mol. The van der Waals surface area contributed by atoms with Crippen molar-refractivity contribution in [2.75, 3.05) is 19.6 Å². The Balaban J connectivity index is 1.80. The van der Waals surface area contributed by atoms with E-state index in [1.807, 2.05) is 10.9 Å². The van der Waals surface area contributed by atoms with Crippen molar-refractivity contribution in [2.45, 2.75) is 13.0 Å². The van der Waals surface area contributed by atoms with Gasteiger partial charge in [-0.2, -0.15) is 5.10 Å². The molecule has 1 aromatic heterocycles. The van der Waals surface area contributed by atoms with Crippen molar-refractivity contribution >= 4 is 21.7 Å². The molecule has 0 saturated carbocycles. The number of hydrogen-bond acceptors (Lipinski definition) is 3. The number of likely N-dealkylation sites (tertiary alicyclic amines) is 1. The quantitative estimate of drug-likeness (QED) is 0.809. The molecule has 0 aliphatic carbocycles. The molecule has 1 aliphatic rings. The van der Waals surface area contributed by atoms with E-state index in [9.17, 15) is 4.79 Å². The van der Waals surface area contributed by atoms with Crippen LogP contribution in [0.5, 0.6) is 0 Å². The minimum absolute atomic E-state index is 0.353. The summed E-state index contributed by atoms with van der Waals surface area (Å²) in [6.07, 6.45) is 4.43. The van der Waals surface area contributed by atoms with Gasteiger partial charge in [-0.25, -0.2) is 0 Å². The van der Waals surface area contributed by atoms with Crippen molar-refractivity contribution in [1.29, 1.82) is 0 Å². The summed E-state index contributed by atoms with van der Waals surface area (Å²) in [5, 5.41) is 4.15. The van der Waals surface area contributed by atoms with Crippen molar-refractivity contribution in [2.24, 2.45) is 0 Å². The summed E-state index contributed by atoms with van der Waals surface area (Å²) < 4.78 is 2.88. The zero-order valence-electron chi connectivity index (χ0n) is 7.82. The van der Waals surface area contributed by atoms with E-state index >= 15 is 0 Å². The summed E-state index contributed by atoms with van der Waals surface area (Å²) in [5.74, 6) is 0.353. The summed E-state index contributed by atoms with van der Waals surface area (Å²) in [4.78, 5) is 13.2. The Bertz CT molecular complexity index is 337. The number of carbonyl (C=O) groups is 1. The van der Waals surface area contributed by atoms with E-state index in [1.165, 1.54) is 0 Å². The summed E-state index contributed by atoms with van der Waals surface area (Å²) in [5.41, 5.74) is 0. The van der Waals surface area contributed by atoms with E-state index in [-0.39, 0.29) is 0 Å². The smallest absolute Gasteiger partial charge is 0.148 e. The molecule has 2 heterocycles. The lowest BCUT2D eigenvalue weighted by molar-refractivity contribution is -0.116. The Labute approximate surface area is 91.0 Å². The van der Waals surface area contributed by atoms with Crippen LogP contribution < -0.4 is 0 Å². The molecule has 0 amide bonds. The molecule has 5 heteroatoms. The van der Waals surface area contributed by atoms with Gasteiger partial charge in [-0.3, -0.25) is 14.4 Å². The van der Waals surface area contributed by atoms with Gasteiger partial charge in [0.1, 0.15) is 5.78 Å². The zero-order chi connectivity index (χ0) is 9.97. The normalized spacial score (nSPS) is 17.9. The molecule has 0 N–H and O–H groups in total. The van der Waals surface area contributed by atoms with Crippen molar-refractivity contribution in [3.05, 3.63) is 16.9 Å². The summed E-state index contributed by atoms with van der Waals surface area (Å²) in [6, 6.07) is 0. The van der Waals surface area contributed by atoms with Gasteiger partial charge in [0.15, 0.2) is 0 Å². The molecular formula is C9H12BrN3O. The molecule has 2 rings (SSSR count). The van der Waals surface area contributed by atoms with Gasteiger partial charge in [-0.15, -0.1) is 0 Å². The molecule has 0 atom stereocenters. The van der Waals surface area contributed by atoms with Gasteiger partial charge < -0.3 is 0 Å². The van der Waals surface area contributed by atoms with E-state index in [0.29, 0.717) is 18.7 Å². The van der Waals surface area contributed by atoms with E-state index in [2.05, 4.69) is 25.9 Å². The largest absolute Gasteiger partial charge is 0.298 e. The van der Waals surface area contributed by atoms with Crippen LogP contribution in [-0.4, -0.2) is 40.1 Å². The molecule has 1 aromatic rings. The highest BCUT2D eigenvalue weighted by Gasteiger charge is 2.18. The number of halogens is 1. The number of hydrogen-bond donors (Lipinski definition) is 0. The lowest BCUT2D eigenvalue weighted by Crippen LogP contribution is -2.25. The second-order valence-corrected chi connectivity index (χ2v) is 4.40. The van der Waals surface area contributed by atoms with Crippen LogP contribution in [0.4, 0.5) is 0 Å². The third-order valence-electron chi connectivity index (χ3n) is 2.35. The minimum Gasteiger partial charge on any atom is -0.298 e. The van der Waals surface area contributed by atoms with Crippen LogP contribution in [0, 0.1) is 0 Å². The minimum atomic E-state index is 0.353. The van der Waals surface area contributed by atoms with Crippen LogP contribution in [0.15, 0.2) is 16.9 Å². The first kappa shape index (κ1) is 9.86. The number of aromatic nitrogens is 2. The summed E-state index contributed by atoms with van der Waals surface area (Å²) >= 11 is 3.34. The van der Waals surface area contributed by atoms with Gasteiger partial charge in [0.25, 0.3) is 0 Å². The first-order valence-electron chi connectivity index (χ1n) is 4.66. The Morgan fingerprint density at radius 2 is 2.36 bits per heavy atom. The van der Waals surface area contributed by atoms with E-state index in [0.717, 1.165) is 24.1 Å². The average molecular weight is 258 g/mol. The Hall–Kier alpha value is -0.680. The van der Waals surface area contributed by atoms with Gasteiger partial charge in [-0.05, 0) is 15.9 Å². The predicted octanol–water partition coefficient (Wildman–Crippen LogP) is 0.920. The van der Waals surface area contributed by atoms with Crippen molar-refractivity contribution < 1.29 is 4.79 Å². The van der Waals surface area contributed by atoms with Gasteiger partial charge in [0.2, 0.25) is 0 Å². The molecule has 1 saturated heterocycles. The van der Waals surface area contributed by atoms with Crippen LogP contribution in [0.25, 0.3) is 0 Å². The van der Waals surface area contributed by atoms with E-state index in [1.54, 1.807) is 6.20 Å². The molecule has 0 aromatic carbocycles. The van der Waals surface area contributed by atoms with E-state index < -0.39 is 0 Å². The molecule has 4 nitrogen and oxygen atoms in total. The maximum absolute atomic E-state index is 11.0. The van der Waals surface area contributed by atoms with E-state index in [4.69, 9.17) is 0 Å². The fourth-order valence-corrected chi connectivity index (χ4v) is 1.91. The highest BCUT2D eigenvalue weighted by Crippen LogP contribution is 2.07. The standard InChI is InChI=1S/C9H12BrN3O/c10-8-5-11-13(6-8)4-3-12-2-1-9(14)7-12/h5-6H,1-4,7H2. The molecule has 0 spiro atoms. The Morgan fingerprint density at radius 1 is 1.50 bits per heavy atom. The fourth-order valence-electron chi connectivity index (χ4n) is 1.59. The number of rotatable bonds is 3. The SMILES string of the molecule is O=C1CCN(CCn2cc(Br)cn2)C1. The Kier molecular flexibility index (Phi) is 2.98. The molecule has 0 unspecified atom stereocenters. The van der Waals surface area contributed by atoms with Crippen molar-refractivity contribution in [3.63, 3.8) is 0 Å². The highest BCUT2D eigenvalue weighted by molar-refractivity contribution is 9.10. The second kappa shape index (κ2) is 4.23. The third-order valence-corrected chi connectivity index (χ3v) is 2.76. The molecule has 1 fully saturated rings. The molecule has 14 heavy (non-hydrogen) atoms. The van der Waals surface area contributed by atoms with Gasteiger partial charge >= 0.3 is 0 Å². The lowest BCUT2D eigenvalue weighted by Gasteiger charge is -2.12. The van der Waals surface area contributed by atoms with Crippen LogP contribution >= 0.6 is 15.9 Å². The number of nitrogens with zero attached hydrogens (tertiary/aromatic N) is 3. The monoisotopic (exact) mass is 257 g/mol. The Morgan fingerprint density at radius 3 is 2.93 bits per heavy atom. The number of carbonyl (C=O) groups excluding carboxylic acids is 1. The lowest BCUT2D eigenvalue weighted by atomic mass is 10.4. The maximum atomic E-state index is 11.0. The zero-order valence-corrected chi connectivity index (χ0v) is 9.40. The first-order valence-corrected chi connectivity index (χ1v) is 5.45. The van der Waals surface area contributed by atoms with Gasteiger partial charge in [0, 0.05) is 25.7 Å². The van der Waals surface area contributed by atoms with Crippen LogP contribution in [0.3, 0.4) is 0 Å². The second-order valence-electron chi connectivity index (χ2n) is 3.49. The van der Waals surface area contributed by atoms with Crippen LogP contribution in [0.1, 0.15) is 6.42 Å². The first-order chi connectivity index (χ1) is 6.74. The molecule has 0 bridgehead atoms. The van der Waals surface area contributed by atoms with Crippen molar-refractivity contribution in [1.82, 2.24) is 14.7 Å². The molecule has 1 aliphatic heterocycles. The fraction of sp³-hybridized carbons (Fsp3) is 0.556. The maximum Gasteiger partial charge on any atom is 0.148 e. The van der Waals surface area contributed by atoms with Crippen LogP contribution in [0.2, 0.25) is 0 Å². The predicted molar refractivity (Wildman–Crippen MR) is 56.0 cm³/mol. The van der Waals surface area contributed by atoms with Crippen molar-refractivity contribution in [3.8, 4) is 0 Å². The third kappa shape index (κ3) is 2.42. The summed E-state index contributed by atoms with van der Waals surface area (Å²) in [6.45, 7) is 3.27. The molecule has 76 valence electrons. The van der Waals surface area contributed by atoms with Gasteiger partial charge in [-0.1, -0.05) is 0 Å².